The molecule has 1 unspecified atom stereocenters. The van der Waals surface area contributed by atoms with Gasteiger partial charge in [-0.2, -0.15) is 0 Å². The average molecular weight is 231 g/mol. The van der Waals surface area contributed by atoms with Gasteiger partial charge in [0.2, 0.25) is 0 Å². The van der Waals surface area contributed by atoms with Crippen molar-refractivity contribution >= 4 is 0 Å². The summed E-state index contributed by atoms with van der Waals surface area (Å²) in [5.41, 5.74) is 9.37. The van der Waals surface area contributed by atoms with E-state index in [4.69, 9.17) is 10.5 Å². The molecule has 1 fully saturated rings. The minimum Gasteiger partial charge on any atom is -0.493 e. The van der Waals surface area contributed by atoms with Gasteiger partial charge in [0, 0.05) is 12.0 Å². The molecule has 0 spiro atoms. The van der Waals surface area contributed by atoms with E-state index in [0.29, 0.717) is 0 Å². The summed E-state index contributed by atoms with van der Waals surface area (Å²) in [6, 6.07) is 6.54. The first-order valence-electron chi connectivity index (χ1n) is 6.58. The van der Waals surface area contributed by atoms with Crippen LogP contribution in [0.5, 0.6) is 5.75 Å². The molecule has 2 nitrogen and oxygen atoms in total. The molecule has 3 rings (SSSR count). The SMILES string of the molecule is CC1(C)CCCC1(N)c1ccc2c(c1)CCO2. The molecule has 0 saturated heterocycles. The van der Waals surface area contributed by atoms with E-state index < -0.39 is 0 Å². The Bertz CT molecular complexity index is 452. The van der Waals surface area contributed by atoms with Gasteiger partial charge in [-0.05, 0) is 35.4 Å². The first-order valence-corrected chi connectivity index (χ1v) is 6.58. The Kier molecular flexibility index (Phi) is 2.27. The second-order valence-corrected chi connectivity index (χ2v) is 6.13. The van der Waals surface area contributed by atoms with E-state index in [1.165, 1.54) is 24.0 Å². The highest BCUT2D eigenvalue weighted by Gasteiger charge is 2.47. The molecule has 2 aliphatic rings. The zero-order valence-corrected chi connectivity index (χ0v) is 10.8. The molecule has 1 aliphatic carbocycles. The first kappa shape index (κ1) is 11.1. The average Bonchev–Trinajstić information content (AvgIpc) is 2.84. The van der Waals surface area contributed by atoms with Gasteiger partial charge in [0.1, 0.15) is 5.75 Å². The molecule has 1 atom stereocenters. The summed E-state index contributed by atoms with van der Waals surface area (Å²) in [5, 5.41) is 0. The van der Waals surface area contributed by atoms with Gasteiger partial charge in [-0.25, -0.2) is 0 Å². The second kappa shape index (κ2) is 3.49. The second-order valence-electron chi connectivity index (χ2n) is 6.13. The molecule has 1 heterocycles. The number of hydrogen-bond donors (Lipinski definition) is 1. The highest BCUT2D eigenvalue weighted by atomic mass is 16.5. The molecule has 2 N–H and O–H groups in total. The number of ether oxygens (including phenoxy) is 1. The van der Waals surface area contributed by atoms with E-state index in [1.54, 1.807) is 0 Å². The smallest absolute Gasteiger partial charge is 0.122 e. The van der Waals surface area contributed by atoms with Crippen LogP contribution in [0.15, 0.2) is 18.2 Å². The predicted octanol–water partition coefficient (Wildman–Crippen LogP) is 2.99. The van der Waals surface area contributed by atoms with Crippen LogP contribution in [-0.2, 0) is 12.0 Å². The van der Waals surface area contributed by atoms with Crippen molar-refractivity contribution in [2.24, 2.45) is 11.1 Å². The molecule has 2 heteroatoms. The van der Waals surface area contributed by atoms with Crippen LogP contribution >= 0.6 is 0 Å². The van der Waals surface area contributed by atoms with Gasteiger partial charge in [-0.3, -0.25) is 0 Å². The molecule has 1 aromatic rings. The normalized spacial score (nSPS) is 30.1. The number of nitrogens with two attached hydrogens (primary N) is 1. The maximum absolute atomic E-state index is 6.71. The minimum absolute atomic E-state index is 0.162. The van der Waals surface area contributed by atoms with Crippen LogP contribution in [0.4, 0.5) is 0 Å². The standard InChI is InChI=1S/C15H21NO/c1-14(2)7-3-8-15(14,16)12-4-5-13-11(10-12)6-9-17-13/h4-5,10H,3,6-9,16H2,1-2H3. The van der Waals surface area contributed by atoms with Gasteiger partial charge in [-0.1, -0.05) is 32.4 Å². The molecule has 17 heavy (non-hydrogen) atoms. The highest BCUT2D eigenvalue weighted by molar-refractivity contribution is 5.43. The molecule has 1 aromatic carbocycles. The van der Waals surface area contributed by atoms with Crippen LogP contribution in [0.3, 0.4) is 0 Å². The fraction of sp³-hybridized carbons (Fsp3) is 0.600. The molecule has 92 valence electrons. The van der Waals surface area contributed by atoms with Gasteiger partial charge in [0.15, 0.2) is 0 Å². The lowest BCUT2D eigenvalue weighted by molar-refractivity contribution is 0.210. The molecular formula is C15H21NO. The van der Waals surface area contributed by atoms with Crippen molar-refractivity contribution in [3.63, 3.8) is 0 Å². The van der Waals surface area contributed by atoms with Gasteiger partial charge in [-0.15, -0.1) is 0 Å². The third-order valence-corrected chi connectivity index (χ3v) is 4.79. The van der Waals surface area contributed by atoms with E-state index in [-0.39, 0.29) is 11.0 Å². The molecule has 0 amide bonds. The summed E-state index contributed by atoms with van der Waals surface area (Å²) in [6.07, 6.45) is 4.58. The number of benzene rings is 1. The number of rotatable bonds is 1. The van der Waals surface area contributed by atoms with Crippen LogP contribution in [0.2, 0.25) is 0 Å². The van der Waals surface area contributed by atoms with Crippen molar-refractivity contribution in [2.45, 2.75) is 45.1 Å². The third-order valence-electron chi connectivity index (χ3n) is 4.79. The molecule has 1 aliphatic heterocycles. The van der Waals surface area contributed by atoms with Gasteiger partial charge >= 0.3 is 0 Å². The number of fused-ring (bicyclic) bond motifs is 1. The van der Waals surface area contributed by atoms with Crippen molar-refractivity contribution in [3.05, 3.63) is 29.3 Å². The van der Waals surface area contributed by atoms with Gasteiger partial charge in [0.25, 0.3) is 0 Å². The van der Waals surface area contributed by atoms with Gasteiger partial charge in [0.05, 0.1) is 6.61 Å². The first-order chi connectivity index (χ1) is 8.03. The summed E-state index contributed by atoms with van der Waals surface area (Å²) in [6.45, 7) is 5.41. The Balaban J connectivity index is 2.04. The number of hydrogen-bond acceptors (Lipinski definition) is 2. The van der Waals surface area contributed by atoms with E-state index in [2.05, 4.69) is 32.0 Å². The van der Waals surface area contributed by atoms with Crippen molar-refractivity contribution in [3.8, 4) is 5.75 Å². The zero-order chi connectivity index (χ0) is 12.1. The monoisotopic (exact) mass is 231 g/mol. The van der Waals surface area contributed by atoms with Crippen LogP contribution < -0.4 is 10.5 Å². The Hall–Kier alpha value is -1.02. The van der Waals surface area contributed by atoms with Crippen molar-refractivity contribution < 1.29 is 4.74 Å². The Labute approximate surface area is 103 Å². The summed E-state index contributed by atoms with van der Waals surface area (Å²) >= 11 is 0. The fourth-order valence-corrected chi connectivity index (χ4v) is 3.37. The molecule has 0 radical (unpaired) electrons. The predicted molar refractivity (Wildman–Crippen MR) is 69.1 cm³/mol. The summed E-state index contributed by atoms with van der Waals surface area (Å²) < 4.78 is 5.56. The fourth-order valence-electron chi connectivity index (χ4n) is 3.37. The van der Waals surface area contributed by atoms with Crippen molar-refractivity contribution in [2.75, 3.05) is 6.61 Å². The van der Waals surface area contributed by atoms with E-state index >= 15 is 0 Å². The summed E-state index contributed by atoms with van der Waals surface area (Å²) in [7, 11) is 0. The Morgan fingerprint density at radius 3 is 2.76 bits per heavy atom. The third kappa shape index (κ3) is 1.50. The maximum Gasteiger partial charge on any atom is 0.122 e. The van der Waals surface area contributed by atoms with Crippen LogP contribution in [0, 0.1) is 5.41 Å². The summed E-state index contributed by atoms with van der Waals surface area (Å²) in [4.78, 5) is 0. The van der Waals surface area contributed by atoms with Crippen LogP contribution in [0.1, 0.15) is 44.2 Å². The lowest BCUT2D eigenvalue weighted by Gasteiger charge is -2.39. The lowest BCUT2D eigenvalue weighted by atomic mass is 9.71. The largest absolute Gasteiger partial charge is 0.493 e. The van der Waals surface area contributed by atoms with Crippen LogP contribution in [0.25, 0.3) is 0 Å². The Morgan fingerprint density at radius 1 is 1.24 bits per heavy atom. The molecule has 0 bridgehead atoms. The van der Waals surface area contributed by atoms with E-state index in [0.717, 1.165) is 25.2 Å². The lowest BCUT2D eigenvalue weighted by Crippen LogP contribution is -2.45. The summed E-state index contributed by atoms with van der Waals surface area (Å²) in [5.74, 6) is 1.05. The minimum atomic E-state index is -0.162. The Morgan fingerprint density at radius 2 is 2.06 bits per heavy atom. The molecule has 1 saturated carbocycles. The topological polar surface area (TPSA) is 35.2 Å². The maximum atomic E-state index is 6.71. The molecule has 0 aromatic heterocycles. The molecular weight excluding hydrogens is 210 g/mol. The van der Waals surface area contributed by atoms with Gasteiger partial charge < -0.3 is 10.5 Å². The quantitative estimate of drug-likeness (QED) is 0.806. The van der Waals surface area contributed by atoms with Crippen LogP contribution in [-0.4, -0.2) is 6.61 Å². The zero-order valence-electron chi connectivity index (χ0n) is 10.8. The van der Waals surface area contributed by atoms with Crippen molar-refractivity contribution in [1.82, 2.24) is 0 Å². The van der Waals surface area contributed by atoms with Crippen molar-refractivity contribution in [1.29, 1.82) is 0 Å². The highest BCUT2D eigenvalue weighted by Crippen LogP contribution is 2.51. The van der Waals surface area contributed by atoms with E-state index in [1.807, 2.05) is 0 Å². The van der Waals surface area contributed by atoms with E-state index in [9.17, 15) is 0 Å².